The molecule has 1 heterocycles. The monoisotopic (exact) mass is 185 g/mol. The minimum Gasteiger partial charge on any atom is -0.478 e. The van der Waals surface area contributed by atoms with Gasteiger partial charge in [0, 0.05) is 31.8 Å². The molecular weight excluding hydrogens is 170 g/mol. The normalized spacial score (nSPS) is 19.4. The highest BCUT2D eigenvalue weighted by molar-refractivity contribution is 5.86. The number of nitrogens with zero attached hydrogens (tertiary/aromatic N) is 1. The number of hydrogen-bond donors (Lipinski definition) is 1. The Morgan fingerprint density at radius 2 is 2.23 bits per heavy atom. The molecule has 0 aromatic carbocycles. The number of ether oxygens (including phenoxy) is 1. The molecule has 4 nitrogen and oxygen atoms in total. The Morgan fingerprint density at radius 3 is 2.92 bits per heavy atom. The molecule has 0 bridgehead atoms. The third-order valence-corrected chi connectivity index (χ3v) is 2.03. The zero-order valence-corrected chi connectivity index (χ0v) is 7.66. The first kappa shape index (κ1) is 10.2. The number of carboxylic acids is 1. The summed E-state index contributed by atoms with van der Waals surface area (Å²) in [5, 5.41) is 8.63. The zero-order chi connectivity index (χ0) is 9.68. The van der Waals surface area contributed by atoms with Crippen molar-refractivity contribution >= 4 is 5.97 Å². The summed E-state index contributed by atoms with van der Waals surface area (Å²) in [6, 6.07) is 0. The van der Waals surface area contributed by atoms with Crippen LogP contribution in [0.1, 0.15) is 6.42 Å². The van der Waals surface area contributed by atoms with Crippen LogP contribution in [-0.4, -0.2) is 48.8 Å². The summed E-state index contributed by atoms with van der Waals surface area (Å²) < 4.78 is 5.25. The lowest BCUT2D eigenvalue weighted by Gasteiger charge is -2.18. The van der Waals surface area contributed by atoms with Crippen molar-refractivity contribution in [3.63, 3.8) is 0 Å². The van der Waals surface area contributed by atoms with Crippen molar-refractivity contribution in [2.24, 2.45) is 0 Å². The first-order valence-corrected chi connectivity index (χ1v) is 4.41. The van der Waals surface area contributed by atoms with Gasteiger partial charge >= 0.3 is 5.97 Å². The summed E-state index contributed by atoms with van der Waals surface area (Å²) in [4.78, 5) is 12.6. The van der Waals surface area contributed by atoms with Gasteiger partial charge in [0.05, 0.1) is 6.61 Å². The van der Waals surface area contributed by atoms with E-state index in [1.807, 2.05) is 0 Å². The van der Waals surface area contributed by atoms with Crippen LogP contribution in [0.3, 0.4) is 0 Å². The van der Waals surface area contributed by atoms with Crippen LogP contribution in [0.25, 0.3) is 0 Å². The number of aliphatic carboxylic acids is 1. The fourth-order valence-corrected chi connectivity index (χ4v) is 1.29. The van der Waals surface area contributed by atoms with Crippen LogP contribution in [0.5, 0.6) is 0 Å². The molecule has 0 unspecified atom stereocenters. The van der Waals surface area contributed by atoms with Crippen molar-refractivity contribution in [2.75, 3.05) is 32.8 Å². The van der Waals surface area contributed by atoms with E-state index in [0.717, 1.165) is 26.1 Å². The molecule has 0 saturated carbocycles. The molecule has 1 aliphatic rings. The van der Waals surface area contributed by atoms with Crippen LogP contribution in [0, 0.1) is 0 Å². The molecule has 0 radical (unpaired) electrons. The predicted molar refractivity (Wildman–Crippen MR) is 48.7 cm³/mol. The molecule has 1 fully saturated rings. The average molecular weight is 185 g/mol. The lowest BCUT2D eigenvalue weighted by molar-refractivity contribution is -0.132. The van der Waals surface area contributed by atoms with E-state index in [9.17, 15) is 4.79 Å². The fraction of sp³-hybridized carbons (Fsp3) is 0.667. The molecule has 13 heavy (non-hydrogen) atoms. The third-order valence-electron chi connectivity index (χ3n) is 2.03. The van der Waals surface area contributed by atoms with E-state index in [1.165, 1.54) is 0 Å². The number of carbonyl (C=O) groups is 1. The van der Waals surface area contributed by atoms with Gasteiger partial charge in [0.25, 0.3) is 0 Å². The predicted octanol–water partition coefficient (Wildman–Crippen LogP) is 0.349. The van der Waals surface area contributed by atoms with Gasteiger partial charge in [-0.3, -0.25) is 4.90 Å². The first-order valence-electron chi connectivity index (χ1n) is 4.41. The maximum Gasteiger partial charge on any atom is 0.332 e. The molecule has 0 atom stereocenters. The van der Waals surface area contributed by atoms with Gasteiger partial charge in [-0.2, -0.15) is 0 Å². The SMILES string of the molecule is C=C(CN1CCCOCC1)C(=O)O. The Balaban J connectivity index is 2.33. The molecule has 0 amide bonds. The van der Waals surface area contributed by atoms with Crippen molar-refractivity contribution in [1.82, 2.24) is 4.90 Å². The minimum absolute atomic E-state index is 0.252. The minimum atomic E-state index is -0.912. The van der Waals surface area contributed by atoms with E-state index in [-0.39, 0.29) is 5.57 Å². The summed E-state index contributed by atoms with van der Waals surface area (Å²) in [6.45, 7) is 7.09. The van der Waals surface area contributed by atoms with Gasteiger partial charge in [-0.05, 0) is 6.42 Å². The topological polar surface area (TPSA) is 49.8 Å². The summed E-state index contributed by atoms with van der Waals surface area (Å²) in [6.07, 6.45) is 0.965. The summed E-state index contributed by atoms with van der Waals surface area (Å²) in [5.41, 5.74) is 0.252. The highest BCUT2D eigenvalue weighted by Gasteiger charge is 2.12. The number of rotatable bonds is 3. The van der Waals surface area contributed by atoms with Crippen LogP contribution in [-0.2, 0) is 9.53 Å². The number of carboxylic acid groups (broad SMARTS) is 1. The van der Waals surface area contributed by atoms with Crippen LogP contribution in [0.4, 0.5) is 0 Å². The smallest absolute Gasteiger partial charge is 0.332 e. The summed E-state index contributed by atoms with van der Waals surface area (Å²) >= 11 is 0. The van der Waals surface area contributed by atoms with Crippen molar-refractivity contribution in [1.29, 1.82) is 0 Å². The molecular formula is C9H15NO3. The maximum absolute atomic E-state index is 10.5. The zero-order valence-electron chi connectivity index (χ0n) is 7.66. The fourth-order valence-electron chi connectivity index (χ4n) is 1.29. The van der Waals surface area contributed by atoms with Crippen LogP contribution < -0.4 is 0 Å². The van der Waals surface area contributed by atoms with Crippen molar-refractivity contribution in [3.8, 4) is 0 Å². The van der Waals surface area contributed by atoms with E-state index >= 15 is 0 Å². The second kappa shape index (κ2) is 4.99. The van der Waals surface area contributed by atoms with E-state index in [4.69, 9.17) is 9.84 Å². The second-order valence-electron chi connectivity index (χ2n) is 3.15. The molecule has 0 spiro atoms. The lowest BCUT2D eigenvalue weighted by Crippen LogP contribution is -2.30. The first-order chi connectivity index (χ1) is 6.20. The van der Waals surface area contributed by atoms with Gasteiger partial charge in [0.15, 0.2) is 0 Å². The van der Waals surface area contributed by atoms with Gasteiger partial charge < -0.3 is 9.84 Å². The van der Waals surface area contributed by atoms with Gasteiger partial charge in [-0.1, -0.05) is 6.58 Å². The highest BCUT2D eigenvalue weighted by Crippen LogP contribution is 2.02. The molecule has 0 aliphatic carbocycles. The molecule has 4 heteroatoms. The standard InChI is InChI=1S/C9H15NO3/c1-8(9(11)12)7-10-3-2-5-13-6-4-10/h1-7H2,(H,11,12). The maximum atomic E-state index is 10.5. The molecule has 1 aliphatic heterocycles. The van der Waals surface area contributed by atoms with Crippen LogP contribution >= 0.6 is 0 Å². The Bertz CT molecular complexity index is 195. The van der Waals surface area contributed by atoms with Crippen LogP contribution in [0.15, 0.2) is 12.2 Å². The van der Waals surface area contributed by atoms with Crippen molar-refractivity contribution < 1.29 is 14.6 Å². The van der Waals surface area contributed by atoms with E-state index < -0.39 is 5.97 Å². The Hall–Kier alpha value is -0.870. The van der Waals surface area contributed by atoms with Crippen molar-refractivity contribution in [2.45, 2.75) is 6.42 Å². The molecule has 1 saturated heterocycles. The Labute approximate surface area is 77.8 Å². The van der Waals surface area contributed by atoms with Gasteiger partial charge in [0.1, 0.15) is 0 Å². The summed E-state index contributed by atoms with van der Waals surface area (Å²) in [5.74, 6) is -0.912. The van der Waals surface area contributed by atoms with Crippen LogP contribution in [0.2, 0.25) is 0 Å². The second-order valence-corrected chi connectivity index (χ2v) is 3.15. The molecule has 1 rings (SSSR count). The lowest BCUT2D eigenvalue weighted by atomic mass is 10.2. The Kier molecular flexibility index (Phi) is 3.92. The van der Waals surface area contributed by atoms with E-state index in [0.29, 0.717) is 13.2 Å². The third kappa shape index (κ3) is 3.57. The largest absolute Gasteiger partial charge is 0.478 e. The average Bonchev–Trinajstić information content (AvgIpc) is 2.32. The van der Waals surface area contributed by atoms with E-state index in [1.54, 1.807) is 0 Å². The molecule has 0 aromatic heterocycles. The van der Waals surface area contributed by atoms with Gasteiger partial charge in [-0.25, -0.2) is 4.79 Å². The quantitative estimate of drug-likeness (QED) is 0.644. The molecule has 0 aromatic rings. The van der Waals surface area contributed by atoms with Crippen molar-refractivity contribution in [3.05, 3.63) is 12.2 Å². The van der Waals surface area contributed by atoms with Gasteiger partial charge in [0.2, 0.25) is 0 Å². The summed E-state index contributed by atoms with van der Waals surface area (Å²) in [7, 11) is 0. The number of hydrogen-bond acceptors (Lipinski definition) is 3. The highest BCUT2D eigenvalue weighted by atomic mass is 16.5. The van der Waals surface area contributed by atoms with E-state index in [2.05, 4.69) is 11.5 Å². The Morgan fingerprint density at radius 1 is 1.46 bits per heavy atom. The molecule has 1 N–H and O–H groups in total. The van der Waals surface area contributed by atoms with Gasteiger partial charge in [-0.15, -0.1) is 0 Å². The molecule has 74 valence electrons.